The van der Waals surface area contributed by atoms with Crippen LogP contribution >= 0.6 is 0 Å². The van der Waals surface area contributed by atoms with Crippen molar-refractivity contribution in [2.24, 2.45) is 5.92 Å². The Morgan fingerprint density at radius 1 is 1.36 bits per heavy atom. The molecule has 2 fully saturated rings. The summed E-state index contributed by atoms with van der Waals surface area (Å²) >= 11 is 0. The van der Waals surface area contributed by atoms with Crippen LogP contribution in [-0.2, 0) is 13.1 Å². The first-order valence-corrected chi connectivity index (χ1v) is 5.52. The van der Waals surface area contributed by atoms with Gasteiger partial charge in [-0.15, -0.1) is 5.10 Å². The molecule has 2 saturated carbocycles. The van der Waals surface area contributed by atoms with Crippen LogP contribution in [0.25, 0.3) is 0 Å². The molecule has 3 rings (SSSR count). The molecular weight excluding hydrogens is 176 g/mol. The molecule has 0 spiro atoms. The molecule has 1 aromatic rings. The Kier molecular flexibility index (Phi) is 2.01. The van der Waals surface area contributed by atoms with Gasteiger partial charge in [0, 0.05) is 25.3 Å². The molecule has 4 heteroatoms. The lowest BCUT2D eigenvalue weighted by atomic mass is 10.4. The normalized spacial score (nSPS) is 21.4. The lowest BCUT2D eigenvalue weighted by molar-refractivity contribution is 0.544. The van der Waals surface area contributed by atoms with Crippen LogP contribution in [0.15, 0.2) is 6.20 Å². The third kappa shape index (κ3) is 2.12. The molecule has 2 aliphatic carbocycles. The van der Waals surface area contributed by atoms with Crippen molar-refractivity contribution in [3.63, 3.8) is 0 Å². The second-order valence-electron chi connectivity index (χ2n) is 4.53. The SMILES string of the molecule is c1c(CNC2CC2)nnn1CC1CC1. The monoisotopic (exact) mass is 192 g/mol. The molecule has 0 aromatic carbocycles. The van der Waals surface area contributed by atoms with Crippen molar-refractivity contribution in [1.82, 2.24) is 20.3 Å². The zero-order valence-corrected chi connectivity index (χ0v) is 8.32. The van der Waals surface area contributed by atoms with E-state index in [0.29, 0.717) is 0 Å². The maximum absolute atomic E-state index is 4.15. The lowest BCUT2D eigenvalue weighted by Gasteiger charge is -1.97. The van der Waals surface area contributed by atoms with E-state index in [-0.39, 0.29) is 0 Å². The molecule has 14 heavy (non-hydrogen) atoms. The Labute approximate surface area is 83.7 Å². The second kappa shape index (κ2) is 3.35. The van der Waals surface area contributed by atoms with Crippen molar-refractivity contribution in [2.75, 3.05) is 0 Å². The summed E-state index contributed by atoms with van der Waals surface area (Å²) in [5.41, 5.74) is 1.08. The van der Waals surface area contributed by atoms with Crippen LogP contribution in [0, 0.1) is 5.92 Å². The van der Waals surface area contributed by atoms with Crippen molar-refractivity contribution in [2.45, 2.75) is 44.8 Å². The largest absolute Gasteiger partial charge is 0.308 e. The minimum Gasteiger partial charge on any atom is -0.308 e. The van der Waals surface area contributed by atoms with E-state index in [1.165, 1.54) is 25.7 Å². The van der Waals surface area contributed by atoms with Crippen molar-refractivity contribution in [3.8, 4) is 0 Å². The van der Waals surface area contributed by atoms with Crippen LogP contribution in [0.4, 0.5) is 0 Å². The van der Waals surface area contributed by atoms with Gasteiger partial charge in [-0.2, -0.15) is 0 Å². The molecule has 0 bridgehead atoms. The fourth-order valence-corrected chi connectivity index (χ4v) is 1.61. The third-order valence-electron chi connectivity index (χ3n) is 2.88. The highest BCUT2D eigenvalue weighted by molar-refractivity contribution is 4.94. The average molecular weight is 192 g/mol. The number of aromatic nitrogens is 3. The van der Waals surface area contributed by atoms with Gasteiger partial charge in [-0.1, -0.05) is 5.21 Å². The molecule has 2 aliphatic rings. The molecule has 1 N–H and O–H groups in total. The van der Waals surface area contributed by atoms with Gasteiger partial charge in [0.2, 0.25) is 0 Å². The van der Waals surface area contributed by atoms with Gasteiger partial charge in [0.1, 0.15) is 0 Å². The van der Waals surface area contributed by atoms with E-state index in [1.54, 1.807) is 0 Å². The van der Waals surface area contributed by atoms with E-state index in [9.17, 15) is 0 Å². The van der Waals surface area contributed by atoms with Gasteiger partial charge in [-0.25, -0.2) is 0 Å². The number of rotatable bonds is 5. The zero-order valence-electron chi connectivity index (χ0n) is 8.32. The molecule has 0 saturated heterocycles. The Hall–Kier alpha value is -0.900. The molecule has 0 atom stereocenters. The van der Waals surface area contributed by atoms with E-state index < -0.39 is 0 Å². The Morgan fingerprint density at radius 3 is 2.93 bits per heavy atom. The summed E-state index contributed by atoms with van der Waals surface area (Å²) in [5, 5.41) is 11.7. The first-order valence-electron chi connectivity index (χ1n) is 5.52. The van der Waals surface area contributed by atoms with E-state index in [4.69, 9.17) is 0 Å². The number of hydrogen-bond donors (Lipinski definition) is 1. The third-order valence-corrected chi connectivity index (χ3v) is 2.88. The fourth-order valence-electron chi connectivity index (χ4n) is 1.61. The van der Waals surface area contributed by atoms with Gasteiger partial charge in [-0.05, 0) is 31.6 Å². The predicted molar refractivity (Wildman–Crippen MR) is 52.6 cm³/mol. The predicted octanol–water partition coefficient (Wildman–Crippen LogP) is 0.940. The van der Waals surface area contributed by atoms with Gasteiger partial charge < -0.3 is 5.32 Å². The lowest BCUT2D eigenvalue weighted by Crippen LogP contribution is -2.15. The number of nitrogens with one attached hydrogen (secondary N) is 1. The summed E-state index contributed by atoms with van der Waals surface area (Å²) < 4.78 is 1.99. The maximum Gasteiger partial charge on any atom is 0.0964 e. The highest BCUT2D eigenvalue weighted by Crippen LogP contribution is 2.30. The molecule has 0 amide bonds. The topological polar surface area (TPSA) is 42.7 Å². The highest BCUT2D eigenvalue weighted by atomic mass is 15.4. The quantitative estimate of drug-likeness (QED) is 0.755. The van der Waals surface area contributed by atoms with Crippen LogP contribution < -0.4 is 5.32 Å². The van der Waals surface area contributed by atoms with E-state index in [2.05, 4.69) is 21.8 Å². The summed E-state index contributed by atoms with van der Waals surface area (Å²) in [6.07, 6.45) is 7.48. The van der Waals surface area contributed by atoms with Crippen LogP contribution in [0.5, 0.6) is 0 Å². The Bertz CT molecular complexity index is 312. The molecule has 0 aliphatic heterocycles. The zero-order chi connectivity index (χ0) is 9.38. The first-order chi connectivity index (χ1) is 6.90. The first kappa shape index (κ1) is 8.41. The van der Waals surface area contributed by atoms with Gasteiger partial charge in [0.05, 0.1) is 5.69 Å². The molecule has 1 heterocycles. The second-order valence-corrected chi connectivity index (χ2v) is 4.53. The average Bonchev–Trinajstić information content (AvgIpc) is 3.06. The Balaban J connectivity index is 1.52. The molecule has 0 radical (unpaired) electrons. The minimum atomic E-state index is 0.753. The summed E-state index contributed by atoms with van der Waals surface area (Å²) in [6, 6.07) is 0.753. The molecular formula is C10H16N4. The van der Waals surface area contributed by atoms with E-state index in [0.717, 1.165) is 30.7 Å². The Morgan fingerprint density at radius 2 is 2.21 bits per heavy atom. The van der Waals surface area contributed by atoms with Gasteiger partial charge in [-0.3, -0.25) is 4.68 Å². The van der Waals surface area contributed by atoms with Crippen LogP contribution in [0.2, 0.25) is 0 Å². The number of nitrogens with zero attached hydrogens (tertiary/aromatic N) is 3. The van der Waals surface area contributed by atoms with Crippen LogP contribution in [0.3, 0.4) is 0 Å². The van der Waals surface area contributed by atoms with Gasteiger partial charge in [0.25, 0.3) is 0 Å². The standard InChI is InChI=1S/C10H16N4/c1-2-8(1)6-14-7-10(12-13-14)5-11-9-3-4-9/h7-9,11H,1-6H2. The minimum absolute atomic E-state index is 0.753. The van der Waals surface area contributed by atoms with E-state index >= 15 is 0 Å². The smallest absolute Gasteiger partial charge is 0.0964 e. The van der Waals surface area contributed by atoms with Crippen molar-refractivity contribution in [3.05, 3.63) is 11.9 Å². The van der Waals surface area contributed by atoms with Crippen molar-refractivity contribution >= 4 is 0 Å². The van der Waals surface area contributed by atoms with Crippen molar-refractivity contribution in [1.29, 1.82) is 0 Å². The van der Waals surface area contributed by atoms with Crippen LogP contribution in [0.1, 0.15) is 31.4 Å². The summed E-state index contributed by atoms with van der Waals surface area (Å²) in [4.78, 5) is 0. The highest BCUT2D eigenvalue weighted by Gasteiger charge is 2.23. The maximum atomic E-state index is 4.15. The molecule has 4 nitrogen and oxygen atoms in total. The van der Waals surface area contributed by atoms with Crippen LogP contribution in [-0.4, -0.2) is 21.0 Å². The van der Waals surface area contributed by atoms with E-state index in [1.807, 2.05) is 4.68 Å². The van der Waals surface area contributed by atoms with Gasteiger partial charge >= 0.3 is 0 Å². The summed E-state index contributed by atoms with van der Waals surface area (Å²) in [6.45, 7) is 1.95. The van der Waals surface area contributed by atoms with Gasteiger partial charge in [0.15, 0.2) is 0 Å². The molecule has 76 valence electrons. The molecule has 1 aromatic heterocycles. The molecule has 0 unspecified atom stereocenters. The fraction of sp³-hybridized carbons (Fsp3) is 0.800. The van der Waals surface area contributed by atoms with Crippen molar-refractivity contribution < 1.29 is 0 Å². The number of hydrogen-bond acceptors (Lipinski definition) is 3. The summed E-state index contributed by atoms with van der Waals surface area (Å²) in [5.74, 6) is 0.876. The summed E-state index contributed by atoms with van der Waals surface area (Å²) in [7, 11) is 0.